The smallest absolute Gasteiger partial charge is 0.123 e. The first-order valence-electron chi connectivity index (χ1n) is 10.7. The van der Waals surface area contributed by atoms with Gasteiger partial charge in [0.1, 0.15) is 18.1 Å². The van der Waals surface area contributed by atoms with Crippen LogP contribution < -0.4 is 14.8 Å². The second kappa shape index (κ2) is 10.3. The van der Waals surface area contributed by atoms with E-state index in [0.717, 1.165) is 44.1 Å². The monoisotopic (exact) mass is 402 g/mol. The number of methoxy groups -OCH3 is 1. The molecule has 1 aliphatic heterocycles. The Balaban J connectivity index is 1.64. The van der Waals surface area contributed by atoms with Gasteiger partial charge >= 0.3 is 0 Å². The Morgan fingerprint density at radius 1 is 0.900 bits per heavy atom. The van der Waals surface area contributed by atoms with Crippen molar-refractivity contribution in [2.24, 2.45) is 0 Å². The zero-order chi connectivity index (χ0) is 20.6. The third-order valence-corrected chi connectivity index (χ3v) is 5.60. The third-order valence-electron chi connectivity index (χ3n) is 5.60. The second-order valence-corrected chi connectivity index (χ2v) is 7.63. The Labute approximate surface area is 179 Å². The maximum atomic E-state index is 6.13. The number of ether oxygens (including phenoxy) is 2. The number of para-hydroxylation sites is 1. The number of benzene rings is 3. The highest BCUT2D eigenvalue weighted by Gasteiger charge is 2.26. The molecular formula is C26H30N2O2. The van der Waals surface area contributed by atoms with E-state index in [1.807, 2.05) is 36.4 Å². The zero-order valence-electron chi connectivity index (χ0n) is 17.6. The molecule has 0 bridgehead atoms. The predicted molar refractivity (Wildman–Crippen MR) is 121 cm³/mol. The summed E-state index contributed by atoms with van der Waals surface area (Å²) >= 11 is 0. The van der Waals surface area contributed by atoms with Gasteiger partial charge in [0, 0.05) is 25.2 Å². The second-order valence-electron chi connectivity index (χ2n) is 7.63. The standard InChI is InChI=1S/C26H30N2O2/c1-29-25-14-6-5-13-24(25)26(28-17-8-15-27-16-18-28)22-11-7-12-23(19-22)30-20-21-9-3-2-4-10-21/h2-7,9-14,19,26-27H,8,15-18,20H2,1H3. The Morgan fingerprint density at radius 3 is 2.60 bits per heavy atom. The predicted octanol–water partition coefficient (Wildman–Crippen LogP) is 4.66. The number of nitrogens with one attached hydrogen (secondary N) is 1. The summed E-state index contributed by atoms with van der Waals surface area (Å²) < 4.78 is 11.9. The highest BCUT2D eigenvalue weighted by atomic mass is 16.5. The molecule has 0 aliphatic carbocycles. The maximum Gasteiger partial charge on any atom is 0.123 e. The fourth-order valence-corrected chi connectivity index (χ4v) is 4.12. The number of nitrogens with zero attached hydrogens (tertiary/aromatic N) is 1. The molecule has 4 rings (SSSR count). The summed E-state index contributed by atoms with van der Waals surface area (Å²) in [6.07, 6.45) is 1.13. The quantitative estimate of drug-likeness (QED) is 0.623. The van der Waals surface area contributed by atoms with Crippen molar-refractivity contribution in [3.05, 3.63) is 95.6 Å². The largest absolute Gasteiger partial charge is 0.496 e. The average molecular weight is 403 g/mol. The van der Waals surface area contributed by atoms with Crippen molar-refractivity contribution in [2.45, 2.75) is 19.1 Å². The van der Waals surface area contributed by atoms with E-state index in [2.05, 4.69) is 52.7 Å². The normalized spacial score (nSPS) is 15.9. The van der Waals surface area contributed by atoms with Gasteiger partial charge in [0.2, 0.25) is 0 Å². The van der Waals surface area contributed by atoms with Gasteiger partial charge < -0.3 is 14.8 Å². The van der Waals surface area contributed by atoms with Crippen molar-refractivity contribution in [3.63, 3.8) is 0 Å². The van der Waals surface area contributed by atoms with Crippen LogP contribution in [0.1, 0.15) is 29.2 Å². The summed E-state index contributed by atoms with van der Waals surface area (Å²) in [7, 11) is 1.75. The molecule has 30 heavy (non-hydrogen) atoms. The topological polar surface area (TPSA) is 33.7 Å². The van der Waals surface area contributed by atoms with Crippen molar-refractivity contribution in [3.8, 4) is 11.5 Å². The molecular weight excluding hydrogens is 372 g/mol. The molecule has 1 heterocycles. The van der Waals surface area contributed by atoms with Gasteiger partial charge in [0.05, 0.1) is 13.2 Å². The Morgan fingerprint density at radius 2 is 1.73 bits per heavy atom. The molecule has 4 heteroatoms. The maximum absolute atomic E-state index is 6.13. The first-order valence-corrected chi connectivity index (χ1v) is 10.7. The summed E-state index contributed by atoms with van der Waals surface area (Å²) in [5.41, 5.74) is 3.59. The Bertz CT molecular complexity index is 921. The van der Waals surface area contributed by atoms with Gasteiger partial charge in [-0.1, -0.05) is 60.7 Å². The minimum Gasteiger partial charge on any atom is -0.496 e. The lowest BCUT2D eigenvalue weighted by atomic mass is 9.95. The minimum absolute atomic E-state index is 0.126. The van der Waals surface area contributed by atoms with E-state index in [9.17, 15) is 0 Å². The van der Waals surface area contributed by atoms with Crippen molar-refractivity contribution in [2.75, 3.05) is 33.3 Å². The van der Waals surface area contributed by atoms with E-state index < -0.39 is 0 Å². The molecule has 156 valence electrons. The molecule has 0 aromatic heterocycles. The van der Waals surface area contributed by atoms with Gasteiger partial charge in [-0.3, -0.25) is 4.90 Å². The van der Waals surface area contributed by atoms with Crippen LogP contribution in [0.2, 0.25) is 0 Å². The molecule has 3 aromatic rings. The molecule has 0 saturated carbocycles. The van der Waals surface area contributed by atoms with Gasteiger partial charge in [-0.15, -0.1) is 0 Å². The van der Waals surface area contributed by atoms with Crippen LogP contribution in [0.15, 0.2) is 78.9 Å². The first-order chi connectivity index (χ1) is 14.8. The van der Waals surface area contributed by atoms with Gasteiger partial charge in [0.15, 0.2) is 0 Å². The van der Waals surface area contributed by atoms with E-state index in [1.54, 1.807) is 7.11 Å². The molecule has 1 fully saturated rings. The highest BCUT2D eigenvalue weighted by molar-refractivity contribution is 5.43. The van der Waals surface area contributed by atoms with Crippen LogP contribution in [-0.2, 0) is 6.61 Å². The highest BCUT2D eigenvalue weighted by Crippen LogP contribution is 2.36. The molecule has 1 saturated heterocycles. The van der Waals surface area contributed by atoms with Gasteiger partial charge in [-0.05, 0) is 42.3 Å². The third kappa shape index (κ3) is 5.02. The number of rotatable bonds is 7. The lowest BCUT2D eigenvalue weighted by Gasteiger charge is -2.32. The summed E-state index contributed by atoms with van der Waals surface area (Å²) in [5, 5.41) is 3.52. The molecule has 0 amide bonds. The molecule has 1 N–H and O–H groups in total. The van der Waals surface area contributed by atoms with E-state index in [1.165, 1.54) is 16.7 Å². The minimum atomic E-state index is 0.126. The SMILES string of the molecule is COc1ccccc1C(c1cccc(OCc2ccccc2)c1)N1CCCNCC1. The summed E-state index contributed by atoms with van der Waals surface area (Å²) in [6, 6.07) is 27.3. The molecule has 1 aliphatic rings. The van der Waals surface area contributed by atoms with Crippen LogP contribution in [0.5, 0.6) is 11.5 Å². The van der Waals surface area contributed by atoms with E-state index in [-0.39, 0.29) is 6.04 Å². The van der Waals surface area contributed by atoms with Crippen molar-refractivity contribution in [1.82, 2.24) is 10.2 Å². The molecule has 1 unspecified atom stereocenters. The molecule has 1 atom stereocenters. The van der Waals surface area contributed by atoms with E-state index in [0.29, 0.717) is 6.61 Å². The van der Waals surface area contributed by atoms with Gasteiger partial charge in [-0.2, -0.15) is 0 Å². The van der Waals surface area contributed by atoms with Crippen LogP contribution in [0.3, 0.4) is 0 Å². The molecule has 3 aromatic carbocycles. The molecule has 0 radical (unpaired) electrons. The van der Waals surface area contributed by atoms with Crippen LogP contribution in [0.25, 0.3) is 0 Å². The molecule has 0 spiro atoms. The summed E-state index contributed by atoms with van der Waals surface area (Å²) in [6.45, 7) is 4.67. The van der Waals surface area contributed by atoms with E-state index in [4.69, 9.17) is 9.47 Å². The number of hydrogen-bond donors (Lipinski definition) is 1. The van der Waals surface area contributed by atoms with Crippen LogP contribution in [-0.4, -0.2) is 38.2 Å². The summed E-state index contributed by atoms with van der Waals surface area (Å²) in [5.74, 6) is 1.82. The molecule has 4 nitrogen and oxygen atoms in total. The zero-order valence-corrected chi connectivity index (χ0v) is 17.6. The Hall–Kier alpha value is -2.82. The Kier molecular flexibility index (Phi) is 7.01. The van der Waals surface area contributed by atoms with Crippen LogP contribution in [0, 0.1) is 0 Å². The lowest BCUT2D eigenvalue weighted by molar-refractivity contribution is 0.235. The van der Waals surface area contributed by atoms with Crippen LogP contribution in [0.4, 0.5) is 0 Å². The van der Waals surface area contributed by atoms with Crippen molar-refractivity contribution >= 4 is 0 Å². The van der Waals surface area contributed by atoms with E-state index >= 15 is 0 Å². The average Bonchev–Trinajstić information content (AvgIpc) is 3.09. The first kappa shape index (κ1) is 20.5. The van der Waals surface area contributed by atoms with Crippen molar-refractivity contribution in [1.29, 1.82) is 0 Å². The van der Waals surface area contributed by atoms with Gasteiger partial charge in [0.25, 0.3) is 0 Å². The fourth-order valence-electron chi connectivity index (χ4n) is 4.12. The van der Waals surface area contributed by atoms with Gasteiger partial charge in [-0.25, -0.2) is 0 Å². The van der Waals surface area contributed by atoms with Crippen LogP contribution >= 0.6 is 0 Å². The summed E-state index contributed by atoms with van der Waals surface area (Å²) in [4.78, 5) is 2.55. The fraction of sp³-hybridized carbons (Fsp3) is 0.308. The lowest BCUT2D eigenvalue weighted by Crippen LogP contribution is -2.33. The number of hydrogen-bond acceptors (Lipinski definition) is 4. The van der Waals surface area contributed by atoms with Crippen molar-refractivity contribution < 1.29 is 9.47 Å².